The molecule has 2 aromatic carbocycles. The minimum atomic E-state index is -0.312. The van der Waals surface area contributed by atoms with Gasteiger partial charge in [-0.1, -0.05) is 47.1 Å². The van der Waals surface area contributed by atoms with Crippen molar-refractivity contribution in [2.75, 3.05) is 12.4 Å². The monoisotopic (exact) mass is 526 g/mol. The molecule has 1 amide bonds. The summed E-state index contributed by atoms with van der Waals surface area (Å²) < 4.78 is 7.42. The average molecular weight is 527 g/mol. The fourth-order valence-corrected chi connectivity index (χ4v) is 4.19. The molecule has 8 nitrogen and oxygen atoms in total. The van der Waals surface area contributed by atoms with Gasteiger partial charge in [0.05, 0.1) is 28.6 Å². The topological polar surface area (TPSA) is 94.3 Å². The summed E-state index contributed by atoms with van der Waals surface area (Å²) in [6.45, 7) is 2.51. The van der Waals surface area contributed by atoms with E-state index in [1.807, 2.05) is 47.9 Å². The molecular weight excluding hydrogens is 507 g/mol. The Kier molecular flexibility index (Phi) is 8.36. The van der Waals surface area contributed by atoms with E-state index < -0.39 is 0 Å². The summed E-state index contributed by atoms with van der Waals surface area (Å²) in [6.07, 6.45) is 4.85. The highest BCUT2D eigenvalue weighted by Gasteiger charge is 2.17. The number of hydrogen-bond acceptors (Lipinski definition) is 7. The van der Waals surface area contributed by atoms with Crippen LogP contribution < -0.4 is 10.2 Å². The summed E-state index contributed by atoms with van der Waals surface area (Å²) in [5.41, 5.74) is 4.72. The highest BCUT2D eigenvalue weighted by atomic mass is 35.5. The normalized spacial score (nSPS) is 11.1. The van der Waals surface area contributed by atoms with Crippen LogP contribution in [0.5, 0.6) is 5.75 Å². The van der Waals surface area contributed by atoms with Crippen molar-refractivity contribution < 1.29 is 9.53 Å². The van der Waals surface area contributed by atoms with E-state index in [0.717, 1.165) is 17.0 Å². The first-order valence-corrected chi connectivity index (χ1v) is 12.3. The summed E-state index contributed by atoms with van der Waals surface area (Å²) in [7, 11) is 0. The number of ether oxygens (including phenoxy) is 1. The van der Waals surface area contributed by atoms with Crippen LogP contribution in [-0.2, 0) is 4.79 Å². The van der Waals surface area contributed by atoms with Gasteiger partial charge in [-0.2, -0.15) is 5.10 Å². The van der Waals surface area contributed by atoms with Gasteiger partial charge in [0.25, 0.3) is 5.91 Å². The van der Waals surface area contributed by atoms with Crippen LogP contribution in [0.2, 0.25) is 10.0 Å². The van der Waals surface area contributed by atoms with Crippen molar-refractivity contribution in [3.63, 3.8) is 0 Å². The predicted octanol–water partition coefficient (Wildman–Crippen LogP) is 5.28. The maximum absolute atomic E-state index is 12.4. The number of carbonyl (C=O) groups excluding carboxylic acids is 1. The molecule has 0 aliphatic heterocycles. The van der Waals surface area contributed by atoms with Crippen molar-refractivity contribution in [3.8, 4) is 22.8 Å². The van der Waals surface area contributed by atoms with Crippen molar-refractivity contribution in [3.05, 3.63) is 82.6 Å². The van der Waals surface area contributed by atoms with Crippen LogP contribution in [0.4, 0.5) is 0 Å². The first-order chi connectivity index (χ1) is 17.1. The van der Waals surface area contributed by atoms with Gasteiger partial charge in [0.15, 0.2) is 11.0 Å². The van der Waals surface area contributed by atoms with E-state index in [1.165, 1.54) is 18.0 Å². The maximum atomic E-state index is 12.4. The number of halogens is 2. The van der Waals surface area contributed by atoms with Gasteiger partial charge >= 0.3 is 0 Å². The Labute approximate surface area is 216 Å². The van der Waals surface area contributed by atoms with Gasteiger partial charge in [-0.05, 0) is 49.4 Å². The Morgan fingerprint density at radius 3 is 2.71 bits per heavy atom. The van der Waals surface area contributed by atoms with Gasteiger partial charge in [0.2, 0.25) is 0 Å². The third kappa shape index (κ3) is 6.19. The summed E-state index contributed by atoms with van der Waals surface area (Å²) in [6, 6.07) is 16.5. The number of benzene rings is 2. The minimum absolute atomic E-state index is 0.0722. The van der Waals surface area contributed by atoms with E-state index in [1.54, 1.807) is 30.6 Å². The molecule has 1 N–H and O–H groups in total. The van der Waals surface area contributed by atoms with E-state index in [-0.39, 0.29) is 11.7 Å². The van der Waals surface area contributed by atoms with Crippen LogP contribution in [0.15, 0.2) is 77.2 Å². The molecule has 11 heteroatoms. The van der Waals surface area contributed by atoms with Gasteiger partial charge in [-0.15, -0.1) is 10.2 Å². The molecule has 0 fully saturated rings. The number of nitrogens with one attached hydrogen (secondary N) is 1. The number of carbonyl (C=O) groups is 1. The molecule has 0 saturated carbocycles. The van der Waals surface area contributed by atoms with Crippen molar-refractivity contribution in [1.82, 2.24) is 25.2 Å². The number of rotatable bonds is 9. The molecule has 4 rings (SSSR count). The van der Waals surface area contributed by atoms with Gasteiger partial charge in [0.1, 0.15) is 5.75 Å². The summed E-state index contributed by atoms with van der Waals surface area (Å²) in [4.78, 5) is 16.6. The first-order valence-electron chi connectivity index (χ1n) is 10.5. The largest absolute Gasteiger partial charge is 0.494 e. The molecule has 0 aliphatic carbocycles. The quantitative estimate of drug-likeness (QED) is 0.181. The lowest BCUT2D eigenvalue weighted by atomic mass is 10.2. The van der Waals surface area contributed by atoms with E-state index in [9.17, 15) is 4.79 Å². The Morgan fingerprint density at radius 2 is 1.97 bits per heavy atom. The fraction of sp³-hybridized carbons (Fsp3) is 0.125. The van der Waals surface area contributed by atoms with Gasteiger partial charge in [-0.3, -0.25) is 14.3 Å². The summed E-state index contributed by atoms with van der Waals surface area (Å²) in [5.74, 6) is 1.13. The second-order valence-corrected chi connectivity index (χ2v) is 8.76. The Balaban J connectivity index is 1.51. The van der Waals surface area contributed by atoms with E-state index >= 15 is 0 Å². The predicted molar refractivity (Wildman–Crippen MR) is 139 cm³/mol. The lowest BCUT2D eigenvalue weighted by Gasteiger charge is -2.11. The second kappa shape index (κ2) is 11.8. The molecule has 2 aromatic heterocycles. The molecule has 0 aliphatic rings. The molecule has 178 valence electrons. The second-order valence-electron chi connectivity index (χ2n) is 7.04. The van der Waals surface area contributed by atoms with Gasteiger partial charge < -0.3 is 4.74 Å². The van der Waals surface area contributed by atoms with Crippen LogP contribution in [-0.4, -0.2) is 44.2 Å². The van der Waals surface area contributed by atoms with E-state index in [4.69, 9.17) is 27.9 Å². The van der Waals surface area contributed by atoms with Crippen molar-refractivity contribution in [2.45, 2.75) is 12.1 Å². The van der Waals surface area contributed by atoms with Crippen molar-refractivity contribution in [2.24, 2.45) is 5.10 Å². The number of nitrogens with zero attached hydrogens (tertiary/aromatic N) is 5. The summed E-state index contributed by atoms with van der Waals surface area (Å²) >= 11 is 13.4. The number of hydrazone groups is 1. The van der Waals surface area contributed by atoms with Crippen molar-refractivity contribution in [1.29, 1.82) is 0 Å². The molecule has 0 atom stereocenters. The number of amides is 1. The molecular formula is C24H20Cl2N6O2S. The molecule has 0 bridgehead atoms. The third-order valence-electron chi connectivity index (χ3n) is 4.67. The molecule has 0 saturated heterocycles. The SMILES string of the molecule is CCOc1ccc(-n2c(SCC(=O)N/N=C/c3cccc(Cl)c3Cl)nnc2-c2cccnc2)cc1. The number of hydrogen-bond donors (Lipinski definition) is 1. The highest BCUT2D eigenvalue weighted by molar-refractivity contribution is 7.99. The number of aromatic nitrogens is 4. The molecule has 0 radical (unpaired) electrons. The van der Waals surface area contributed by atoms with Gasteiger partial charge in [0, 0.05) is 29.2 Å². The average Bonchev–Trinajstić information content (AvgIpc) is 3.30. The van der Waals surface area contributed by atoms with Gasteiger partial charge in [-0.25, -0.2) is 5.43 Å². The van der Waals surface area contributed by atoms with E-state index in [2.05, 4.69) is 25.7 Å². The Hall–Kier alpha value is -3.40. The fourth-order valence-electron chi connectivity index (χ4n) is 3.09. The molecule has 35 heavy (non-hydrogen) atoms. The lowest BCUT2D eigenvalue weighted by molar-refractivity contribution is -0.118. The Morgan fingerprint density at radius 1 is 1.14 bits per heavy atom. The molecule has 2 heterocycles. The molecule has 0 spiro atoms. The zero-order valence-electron chi connectivity index (χ0n) is 18.6. The molecule has 0 unspecified atom stereocenters. The Bertz CT molecular complexity index is 1330. The minimum Gasteiger partial charge on any atom is -0.494 e. The van der Waals surface area contributed by atoms with Crippen LogP contribution >= 0.6 is 35.0 Å². The van der Waals surface area contributed by atoms with Crippen molar-refractivity contribution >= 4 is 47.1 Å². The first kappa shape index (κ1) is 24.7. The maximum Gasteiger partial charge on any atom is 0.250 e. The third-order valence-corrected chi connectivity index (χ3v) is 6.43. The lowest BCUT2D eigenvalue weighted by Crippen LogP contribution is -2.20. The smallest absolute Gasteiger partial charge is 0.250 e. The molecule has 4 aromatic rings. The van der Waals surface area contributed by atoms with Crippen LogP contribution in [0.3, 0.4) is 0 Å². The zero-order chi connectivity index (χ0) is 24.6. The zero-order valence-corrected chi connectivity index (χ0v) is 20.9. The summed E-state index contributed by atoms with van der Waals surface area (Å²) in [5, 5.41) is 14.0. The number of pyridine rings is 1. The van der Waals surface area contributed by atoms with Crippen LogP contribution in [0.25, 0.3) is 17.1 Å². The van der Waals surface area contributed by atoms with Crippen LogP contribution in [0, 0.1) is 0 Å². The highest BCUT2D eigenvalue weighted by Crippen LogP contribution is 2.28. The number of thioether (sulfide) groups is 1. The standard InChI is InChI=1S/C24H20Cl2N6O2S/c1-2-34-19-10-8-18(9-11-19)32-23(17-6-4-12-27-13-17)30-31-24(32)35-15-21(33)29-28-14-16-5-3-7-20(25)22(16)26/h3-14H,2,15H2,1H3,(H,29,33)/b28-14+. The van der Waals surface area contributed by atoms with Crippen LogP contribution in [0.1, 0.15) is 12.5 Å². The van der Waals surface area contributed by atoms with E-state index in [0.29, 0.717) is 33.2 Å².